The van der Waals surface area contributed by atoms with Gasteiger partial charge in [0.15, 0.2) is 5.78 Å². The molecular formula is C18H10BrClN4O2S. The van der Waals surface area contributed by atoms with Gasteiger partial charge in [-0.3, -0.25) is 9.59 Å². The lowest BCUT2D eigenvalue weighted by molar-refractivity contribution is -0.111. The number of aromatic nitrogens is 3. The van der Waals surface area contributed by atoms with Gasteiger partial charge in [-0.15, -0.1) is 0 Å². The van der Waals surface area contributed by atoms with Gasteiger partial charge in [0.05, 0.1) is 10.6 Å². The average molecular weight is 462 g/mol. The van der Waals surface area contributed by atoms with Gasteiger partial charge in [-0.05, 0) is 30.4 Å². The number of hydrogen-bond acceptors (Lipinski definition) is 6. The van der Waals surface area contributed by atoms with Crippen molar-refractivity contribution in [2.24, 2.45) is 0 Å². The third-order valence-electron chi connectivity index (χ3n) is 3.87. The van der Waals surface area contributed by atoms with Crippen molar-refractivity contribution in [3.63, 3.8) is 0 Å². The highest BCUT2D eigenvalue weighted by Crippen LogP contribution is 2.31. The van der Waals surface area contributed by atoms with Crippen LogP contribution in [0.3, 0.4) is 0 Å². The Bertz CT molecular complexity index is 1260. The number of halogens is 2. The van der Waals surface area contributed by atoms with Crippen molar-refractivity contribution in [1.82, 2.24) is 14.6 Å². The fourth-order valence-electron chi connectivity index (χ4n) is 2.55. The SMILES string of the molecule is Nc1c(/C=C2\C=C(Br)C=CC2=O)c(=O)nc2sc(-c3ccccc3Cl)nn12. The molecule has 0 bridgehead atoms. The van der Waals surface area contributed by atoms with E-state index in [0.29, 0.717) is 20.6 Å². The number of nitrogens with two attached hydrogens (primary N) is 1. The van der Waals surface area contributed by atoms with Crippen molar-refractivity contribution >= 4 is 61.5 Å². The Kier molecular flexibility index (Phi) is 4.55. The number of carbonyl (C=O) groups excluding carboxylic acids is 1. The van der Waals surface area contributed by atoms with Crippen molar-refractivity contribution in [2.45, 2.75) is 0 Å². The Hall–Kier alpha value is -2.55. The molecular weight excluding hydrogens is 452 g/mol. The molecule has 3 aromatic rings. The minimum absolute atomic E-state index is 0.110. The Morgan fingerprint density at radius 1 is 1.22 bits per heavy atom. The van der Waals surface area contributed by atoms with E-state index in [9.17, 15) is 9.59 Å². The number of nitrogen functional groups attached to an aromatic ring is 1. The molecule has 4 rings (SSSR count). The summed E-state index contributed by atoms with van der Waals surface area (Å²) in [5.41, 5.74) is 6.81. The zero-order valence-electron chi connectivity index (χ0n) is 13.5. The highest BCUT2D eigenvalue weighted by molar-refractivity contribution is 9.11. The number of nitrogens with zero attached hydrogens (tertiary/aromatic N) is 3. The van der Waals surface area contributed by atoms with E-state index in [4.69, 9.17) is 17.3 Å². The van der Waals surface area contributed by atoms with Gasteiger partial charge in [0, 0.05) is 15.6 Å². The summed E-state index contributed by atoms with van der Waals surface area (Å²) in [6.07, 6.45) is 6.09. The molecule has 0 fully saturated rings. The summed E-state index contributed by atoms with van der Waals surface area (Å²) in [6.45, 7) is 0. The summed E-state index contributed by atoms with van der Waals surface area (Å²) in [5, 5.41) is 5.57. The van der Waals surface area contributed by atoms with E-state index in [2.05, 4.69) is 26.0 Å². The van der Waals surface area contributed by atoms with Crippen LogP contribution in [0.25, 0.3) is 21.6 Å². The number of ketones is 1. The van der Waals surface area contributed by atoms with Gasteiger partial charge in [-0.1, -0.05) is 57.1 Å². The molecule has 0 spiro atoms. The van der Waals surface area contributed by atoms with E-state index in [1.54, 1.807) is 18.2 Å². The third-order valence-corrected chi connectivity index (χ3v) is 5.63. The van der Waals surface area contributed by atoms with Gasteiger partial charge < -0.3 is 5.73 Å². The lowest BCUT2D eigenvalue weighted by atomic mass is 10.0. The first kappa shape index (κ1) is 17.8. The predicted molar refractivity (Wildman–Crippen MR) is 111 cm³/mol. The number of hydrogen-bond donors (Lipinski definition) is 1. The molecule has 0 atom stereocenters. The molecule has 0 saturated carbocycles. The second-order valence-corrected chi connectivity index (χ2v) is 7.90. The largest absolute Gasteiger partial charge is 0.383 e. The molecule has 0 amide bonds. The van der Waals surface area contributed by atoms with Crippen molar-refractivity contribution in [3.8, 4) is 10.6 Å². The molecule has 1 aliphatic rings. The molecule has 2 heterocycles. The van der Waals surface area contributed by atoms with Crippen molar-refractivity contribution < 1.29 is 4.79 Å². The third kappa shape index (κ3) is 3.27. The van der Waals surface area contributed by atoms with Crippen LogP contribution < -0.4 is 11.3 Å². The predicted octanol–water partition coefficient (Wildman–Crippen LogP) is 3.85. The second-order valence-electron chi connectivity index (χ2n) is 5.62. The molecule has 6 nitrogen and oxygen atoms in total. The number of allylic oxidation sites excluding steroid dienone is 5. The number of rotatable bonds is 2. The fraction of sp³-hybridized carbons (Fsp3) is 0. The molecule has 27 heavy (non-hydrogen) atoms. The van der Waals surface area contributed by atoms with E-state index >= 15 is 0 Å². The van der Waals surface area contributed by atoms with Crippen LogP contribution in [0.4, 0.5) is 5.82 Å². The van der Waals surface area contributed by atoms with E-state index in [-0.39, 0.29) is 17.2 Å². The molecule has 0 radical (unpaired) electrons. The van der Waals surface area contributed by atoms with Crippen LogP contribution in [-0.4, -0.2) is 20.4 Å². The lowest BCUT2D eigenvalue weighted by Crippen LogP contribution is -2.17. The standard InChI is InChI=1S/C18H10BrClN4O2S/c19-10-5-6-14(25)9(7-10)8-12-15(21)24-18(22-16(12)26)27-17(23-24)11-3-1-2-4-13(11)20/h1-8H,21H2/b9-8+. The van der Waals surface area contributed by atoms with Crippen LogP contribution in [0.15, 0.2) is 57.3 Å². The molecule has 1 aliphatic carbocycles. The normalized spacial score (nSPS) is 15.6. The highest BCUT2D eigenvalue weighted by atomic mass is 79.9. The summed E-state index contributed by atoms with van der Waals surface area (Å²) in [5.74, 6) is -0.115. The van der Waals surface area contributed by atoms with E-state index in [0.717, 1.165) is 10.0 Å². The van der Waals surface area contributed by atoms with E-state index in [1.165, 1.54) is 28.0 Å². The quantitative estimate of drug-likeness (QED) is 0.585. The molecule has 0 aliphatic heterocycles. The molecule has 1 aromatic carbocycles. The van der Waals surface area contributed by atoms with E-state index in [1.807, 2.05) is 18.2 Å². The van der Waals surface area contributed by atoms with Crippen molar-refractivity contribution in [3.05, 3.63) is 73.5 Å². The van der Waals surface area contributed by atoms with Gasteiger partial charge in [-0.2, -0.15) is 14.6 Å². The molecule has 2 N–H and O–H groups in total. The summed E-state index contributed by atoms with van der Waals surface area (Å²) in [7, 11) is 0. The zero-order chi connectivity index (χ0) is 19.1. The fourth-order valence-corrected chi connectivity index (χ4v) is 4.15. The maximum absolute atomic E-state index is 12.5. The molecule has 2 aromatic heterocycles. The molecule has 134 valence electrons. The van der Waals surface area contributed by atoms with Gasteiger partial charge >= 0.3 is 0 Å². The number of fused-ring (bicyclic) bond motifs is 1. The van der Waals surface area contributed by atoms with Crippen LogP contribution >= 0.6 is 38.9 Å². The van der Waals surface area contributed by atoms with Gasteiger partial charge in [-0.25, -0.2) is 0 Å². The highest BCUT2D eigenvalue weighted by Gasteiger charge is 2.17. The van der Waals surface area contributed by atoms with Gasteiger partial charge in [0.1, 0.15) is 10.8 Å². The Morgan fingerprint density at radius 3 is 2.78 bits per heavy atom. The van der Waals surface area contributed by atoms with Crippen LogP contribution in [0.2, 0.25) is 5.02 Å². The zero-order valence-corrected chi connectivity index (χ0v) is 16.7. The first-order chi connectivity index (χ1) is 12.9. The molecule has 9 heteroatoms. The summed E-state index contributed by atoms with van der Waals surface area (Å²) in [4.78, 5) is 28.9. The van der Waals surface area contributed by atoms with Crippen LogP contribution in [-0.2, 0) is 4.79 Å². The summed E-state index contributed by atoms with van der Waals surface area (Å²) < 4.78 is 2.11. The van der Waals surface area contributed by atoms with Crippen molar-refractivity contribution in [1.29, 1.82) is 0 Å². The summed E-state index contributed by atoms with van der Waals surface area (Å²) in [6, 6.07) is 7.25. The first-order valence-electron chi connectivity index (χ1n) is 7.69. The summed E-state index contributed by atoms with van der Waals surface area (Å²) >= 11 is 10.7. The van der Waals surface area contributed by atoms with Gasteiger partial charge in [0.2, 0.25) is 4.96 Å². The Labute approximate surface area is 170 Å². The maximum Gasteiger partial charge on any atom is 0.283 e. The van der Waals surface area contributed by atoms with E-state index < -0.39 is 5.56 Å². The molecule has 0 unspecified atom stereocenters. The Morgan fingerprint density at radius 2 is 2.00 bits per heavy atom. The number of anilines is 1. The topological polar surface area (TPSA) is 90.4 Å². The number of benzene rings is 1. The first-order valence-corrected chi connectivity index (χ1v) is 9.68. The van der Waals surface area contributed by atoms with Crippen LogP contribution in [0.5, 0.6) is 0 Å². The monoisotopic (exact) mass is 460 g/mol. The smallest absolute Gasteiger partial charge is 0.283 e. The van der Waals surface area contributed by atoms with Crippen molar-refractivity contribution in [2.75, 3.05) is 5.73 Å². The van der Waals surface area contributed by atoms with Crippen LogP contribution in [0, 0.1) is 0 Å². The van der Waals surface area contributed by atoms with Crippen LogP contribution in [0.1, 0.15) is 5.56 Å². The minimum Gasteiger partial charge on any atom is -0.383 e. The average Bonchev–Trinajstić information content (AvgIpc) is 3.05. The van der Waals surface area contributed by atoms with Gasteiger partial charge in [0.25, 0.3) is 5.56 Å². The lowest BCUT2D eigenvalue weighted by Gasteiger charge is -2.06. The molecule has 0 saturated heterocycles. The maximum atomic E-state index is 12.5. The second kappa shape index (κ2) is 6.88. The minimum atomic E-state index is -0.527. The number of carbonyl (C=O) groups is 1. The Balaban J connectivity index is 1.90.